The van der Waals surface area contributed by atoms with Crippen molar-refractivity contribution in [1.82, 2.24) is 10.6 Å². The maximum absolute atomic E-state index is 12.0. The second-order valence-electron chi connectivity index (χ2n) is 8.01. The number of ether oxygens (including phenoxy) is 1. The van der Waals surface area contributed by atoms with Crippen molar-refractivity contribution in [3.63, 3.8) is 0 Å². The van der Waals surface area contributed by atoms with E-state index in [0.29, 0.717) is 19.5 Å². The molecule has 0 aromatic rings. The summed E-state index contributed by atoms with van der Waals surface area (Å²) in [5.41, 5.74) is -1.23. The van der Waals surface area contributed by atoms with Crippen molar-refractivity contribution in [3.8, 4) is 0 Å². The van der Waals surface area contributed by atoms with Gasteiger partial charge in [0.15, 0.2) is 0 Å². The van der Waals surface area contributed by atoms with Crippen molar-refractivity contribution >= 4 is 17.8 Å². The van der Waals surface area contributed by atoms with Crippen molar-refractivity contribution in [2.45, 2.75) is 97.8 Å². The lowest BCUT2D eigenvalue weighted by molar-refractivity contribution is -0.156. The van der Waals surface area contributed by atoms with Gasteiger partial charge in [0.2, 0.25) is 11.8 Å². The van der Waals surface area contributed by atoms with Crippen LogP contribution in [0.15, 0.2) is 0 Å². The average Bonchev–Trinajstić information content (AvgIpc) is 2.68. The van der Waals surface area contributed by atoms with E-state index in [1.807, 2.05) is 0 Å². The fraction of sp³-hybridized carbons (Fsp3) is 0.864. The second kappa shape index (κ2) is 16.4. The number of carbonyl (C=O) groups is 3. The summed E-state index contributed by atoms with van der Waals surface area (Å²) in [4.78, 5) is 35.3. The Bertz CT molecular complexity index is 450. The molecule has 0 saturated heterocycles. The Morgan fingerprint density at radius 2 is 1.21 bits per heavy atom. The number of amides is 2. The van der Waals surface area contributed by atoms with Crippen LogP contribution in [0.3, 0.4) is 0 Å². The van der Waals surface area contributed by atoms with Crippen LogP contribution < -0.4 is 10.6 Å². The van der Waals surface area contributed by atoms with Gasteiger partial charge >= 0.3 is 5.97 Å². The van der Waals surface area contributed by atoms with Crippen molar-refractivity contribution < 1.29 is 19.1 Å². The third-order valence-corrected chi connectivity index (χ3v) is 5.00. The molecule has 0 aliphatic heterocycles. The molecule has 6 heteroatoms. The molecule has 0 unspecified atom stereocenters. The Balaban J connectivity index is 3.54. The third-order valence-electron chi connectivity index (χ3n) is 5.00. The molecule has 164 valence electrons. The van der Waals surface area contributed by atoms with Crippen molar-refractivity contribution in [2.24, 2.45) is 5.41 Å². The molecule has 0 aliphatic carbocycles. The topological polar surface area (TPSA) is 84.5 Å². The summed E-state index contributed by atoms with van der Waals surface area (Å²) in [6.45, 7) is 5.92. The summed E-state index contributed by atoms with van der Waals surface area (Å²) in [6.07, 6.45) is 14.4. The molecular formula is C22H42N2O4. The summed E-state index contributed by atoms with van der Waals surface area (Å²) in [6, 6.07) is 0. The fourth-order valence-electron chi connectivity index (χ4n) is 2.98. The van der Waals surface area contributed by atoms with E-state index in [0.717, 1.165) is 12.8 Å². The molecule has 2 amide bonds. The molecule has 6 nitrogen and oxygen atoms in total. The number of rotatable bonds is 17. The molecule has 0 fully saturated rings. The normalized spacial score (nSPS) is 11.1. The van der Waals surface area contributed by atoms with Crippen LogP contribution in [0, 0.1) is 5.41 Å². The quantitative estimate of drug-likeness (QED) is 0.219. The SMILES string of the molecule is CCCCCCCCCCCCCC(=O)NCCNC(=O)C(C)(C)C(=O)OC. The number of nitrogens with one attached hydrogen (secondary N) is 2. The lowest BCUT2D eigenvalue weighted by Crippen LogP contribution is -2.45. The van der Waals surface area contributed by atoms with E-state index in [2.05, 4.69) is 22.3 Å². The molecule has 0 heterocycles. The molecule has 28 heavy (non-hydrogen) atoms. The van der Waals surface area contributed by atoms with Crippen LogP contribution in [-0.2, 0) is 19.1 Å². The molecule has 2 N–H and O–H groups in total. The molecule has 0 aliphatic rings. The molecule has 0 bridgehead atoms. The lowest BCUT2D eigenvalue weighted by atomic mass is 9.92. The first kappa shape index (κ1) is 26.4. The van der Waals surface area contributed by atoms with E-state index in [1.54, 1.807) is 0 Å². The van der Waals surface area contributed by atoms with Gasteiger partial charge in [0.1, 0.15) is 5.41 Å². The molecule has 0 spiro atoms. The van der Waals surface area contributed by atoms with Gasteiger partial charge in [-0.25, -0.2) is 0 Å². The number of hydrogen-bond donors (Lipinski definition) is 2. The van der Waals surface area contributed by atoms with Gasteiger partial charge in [-0.15, -0.1) is 0 Å². The largest absolute Gasteiger partial charge is 0.468 e. The Hall–Kier alpha value is -1.59. The van der Waals surface area contributed by atoms with Gasteiger partial charge in [0.25, 0.3) is 0 Å². The molecule has 0 aromatic heterocycles. The van der Waals surface area contributed by atoms with Crippen LogP contribution in [0.5, 0.6) is 0 Å². The number of hydrogen-bond acceptors (Lipinski definition) is 4. The van der Waals surface area contributed by atoms with E-state index >= 15 is 0 Å². The monoisotopic (exact) mass is 398 g/mol. The first-order valence-electron chi connectivity index (χ1n) is 11.0. The van der Waals surface area contributed by atoms with Crippen LogP contribution in [0.2, 0.25) is 0 Å². The zero-order valence-corrected chi connectivity index (χ0v) is 18.5. The highest BCUT2D eigenvalue weighted by Gasteiger charge is 2.36. The molecule has 0 aromatic carbocycles. The van der Waals surface area contributed by atoms with Gasteiger partial charge in [-0.05, 0) is 20.3 Å². The Morgan fingerprint density at radius 3 is 1.71 bits per heavy atom. The zero-order chi connectivity index (χ0) is 21.3. The predicted molar refractivity (Wildman–Crippen MR) is 113 cm³/mol. The zero-order valence-electron chi connectivity index (χ0n) is 18.5. The van der Waals surface area contributed by atoms with Crippen LogP contribution in [0.4, 0.5) is 0 Å². The van der Waals surface area contributed by atoms with Gasteiger partial charge in [0.05, 0.1) is 7.11 Å². The molecular weight excluding hydrogens is 356 g/mol. The first-order valence-corrected chi connectivity index (χ1v) is 11.0. The predicted octanol–water partition coefficient (Wildman–Crippen LogP) is 4.12. The van der Waals surface area contributed by atoms with Gasteiger partial charge in [0, 0.05) is 19.5 Å². The number of methoxy groups -OCH3 is 1. The van der Waals surface area contributed by atoms with E-state index in [4.69, 9.17) is 0 Å². The molecule has 0 radical (unpaired) electrons. The highest BCUT2D eigenvalue weighted by Crippen LogP contribution is 2.16. The van der Waals surface area contributed by atoms with Crippen LogP contribution in [-0.4, -0.2) is 38.0 Å². The first-order chi connectivity index (χ1) is 13.4. The van der Waals surface area contributed by atoms with E-state index < -0.39 is 17.3 Å². The van der Waals surface area contributed by atoms with E-state index in [-0.39, 0.29) is 5.91 Å². The summed E-state index contributed by atoms with van der Waals surface area (Å²) >= 11 is 0. The molecule has 0 atom stereocenters. The minimum atomic E-state index is -1.23. The Kier molecular flexibility index (Phi) is 15.4. The van der Waals surface area contributed by atoms with Gasteiger partial charge in [-0.1, -0.05) is 71.1 Å². The van der Waals surface area contributed by atoms with Gasteiger partial charge in [-0.2, -0.15) is 0 Å². The highest BCUT2D eigenvalue weighted by atomic mass is 16.5. The average molecular weight is 399 g/mol. The van der Waals surface area contributed by atoms with E-state index in [9.17, 15) is 14.4 Å². The Morgan fingerprint density at radius 1 is 0.750 bits per heavy atom. The maximum Gasteiger partial charge on any atom is 0.320 e. The number of carbonyl (C=O) groups excluding carboxylic acids is 3. The summed E-state index contributed by atoms with van der Waals surface area (Å²) in [5, 5.41) is 5.45. The Labute approximate surface area is 171 Å². The van der Waals surface area contributed by atoms with Gasteiger partial charge < -0.3 is 15.4 Å². The third kappa shape index (κ3) is 12.7. The molecule has 0 saturated carbocycles. The van der Waals surface area contributed by atoms with Crippen molar-refractivity contribution in [3.05, 3.63) is 0 Å². The highest BCUT2D eigenvalue weighted by molar-refractivity contribution is 6.01. The van der Waals surface area contributed by atoms with Crippen LogP contribution in [0.25, 0.3) is 0 Å². The second-order valence-corrected chi connectivity index (χ2v) is 8.01. The number of unbranched alkanes of at least 4 members (excludes halogenated alkanes) is 10. The van der Waals surface area contributed by atoms with E-state index in [1.165, 1.54) is 78.7 Å². The van der Waals surface area contributed by atoms with Crippen molar-refractivity contribution in [2.75, 3.05) is 20.2 Å². The molecule has 0 rings (SSSR count). The van der Waals surface area contributed by atoms with Crippen LogP contribution >= 0.6 is 0 Å². The summed E-state index contributed by atoms with van der Waals surface area (Å²) < 4.78 is 4.62. The standard InChI is InChI=1S/C22H42N2O4/c1-5-6-7-8-9-10-11-12-13-14-15-16-19(25)23-17-18-24-20(26)22(2,3)21(27)28-4/h5-18H2,1-4H3,(H,23,25)(H,24,26). The summed E-state index contributed by atoms with van der Waals surface area (Å²) in [7, 11) is 1.26. The lowest BCUT2D eigenvalue weighted by Gasteiger charge is -2.20. The smallest absolute Gasteiger partial charge is 0.320 e. The van der Waals surface area contributed by atoms with Crippen LogP contribution in [0.1, 0.15) is 97.8 Å². The van der Waals surface area contributed by atoms with Gasteiger partial charge in [-0.3, -0.25) is 14.4 Å². The maximum atomic E-state index is 12.0. The number of esters is 1. The minimum absolute atomic E-state index is 0.0115. The fourth-order valence-corrected chi connectivity index (χ4v) is 2.98. The minimum Gasteiger partial charge on any atom is -0.468 e. The van der Waals surface area contributed by atoms with Crippen molar-refractivity contribution in [1.29, 1.82) is 0 Å². The summed E-state index contributed by atoms with van der Waals surface area (Å²) in [5.74, 6) is -0.970.